The van der Waals surface area contributed by atoms with E-state index in [9.17, 15) is 4.79 Å². The van der Waals surface area contributed by atoms with Gasteiger partial charge in [0.1, 0.15) is 6.10 Å². The summed E-state index contributed by atoms with van der Waals surface area (Å²) in [7, 11) is 0. The smallest absolute Gasteiger partial charge is 0.306 e. The largest absolute Gasteiger partial charge is 0.462 e. The van der Waals surface area contributed by atoms with E-state index in [4.69, 9.17) is 4.74 Å². The SMILES string of the molecule is CCC(OC(=O)CCC(C)C)C(C)C. The van der Waals surface area contributed by atoms with Gasteiger partial charge in [0.15, 0.2) is 0 Å². The van der Waals surface area contributed by atoms with Gasteiger partial charge in [-0.1, -0.05) is 34.6 Å². The highest BCUT2D eigenvalue weighted by Crippen LogP contribution is 2.13. The Kier molecular flexibility index (Phi) is 6.60. The number of rotatable bonds is 6. The number of hydrogen-bond acceptors (Lipinski definition) is 2. The van der Waals surface area contributed by atoms with E-state index in [1.807, 2.05) is 0 Å². The van der Waals surface area contributed by atoms with Crippen LogP contribution in [0.1, 0.15) is 53.9 Å². The minimum Gasteiger partial charge on any atom is -0.462 e. The Bertz CT molecular complexity index is 162. The molecule has 0 bridgehead atoms. The number of hydrogen-bond donors (Lipinski definition) is 0. The molecule has 0 amide bonds. The molecule has 84 valence electrons. The molecule has 2 heteroatoms. The van der Waals surface area contributed by atoms with Crippen LogP contribution in [0.25, 0.3) is 0 Å². The summed E-state index contributed by atoms with van der Waals surface area (Å²) in [5, 5.41) is 0. The van der Waals surface area contributed by atoms with E-state index in [2.05, 4.69) is 34.6 Å². The molecule has 1 atom stereocenters. The van der Waals surface area contributed by atoms with Gasteiger partial charge in [-0.25, -0.2) is 0 Å². The van der Waals surface area contributed by atoms with Crippen molar-refractivity contribution >= 4 is 5.97 Å². The fourth-order valence-corrected chi connectivity index (χ4v) is 1.33. The van der Waals surface area contributed by atoms with E-state index >= 15 is 0 Å². The topological polar surface area (TPSA) is 26.3 Å². The highest BCUT2D eigenvalue weighted by Gasteiger charge is 2.15. The van der Waals surface area contributed by atoms with Gasteiger partial charge in [-0.05, 0) is 24.7 Å². The molecule has 0 N–H and O–H groups in total. The number of esters is 1. The van der Waals surface area contributed by atoms with Crippen molar-refractivity contribution in [2.75, 3.05) is 0 Å². The summed E-state index contributed by atoms with van der Waals surface area (Å²) >= 11 is 0. The molecule has 0 aromatic carbocycles. The van der Waals surface area contributed by atoms with Gasteiger partial charge in [-0.15, -0.1) is 0 Å². The fraction of sp³-hybridized carbons (Fsp3) is 0.917. The Morgan fingerprint density at radius 2 is 1.79 bits per heavy atom. The van der Waals surface area contributed by atoms with Gasteiger partial charge in [0.2, 0.25) is 0 Å². The van der Waals surface area contributed by atoms with Gasteiger partial charge >= 0.3 is 5.97 Å². The lowest BCUT2D eigenvalue weighted by atomic mass is 10.0. The first kappa shape index (κ1) is 13.5. The Morgan fingerprint density at radius 3 is 2.14 bits per heavy atom. The standard InChI is InChI=1S/C12H24O2/c1-6-11(10(4)5)14-12(13)8-7-9(2)3/h9-11H,6-8H2,1-5H3. The van der Waals surface area contributed by atoms with Gasteiger partial charge in [0.05, 0.1) is 0 Å². The van der Waals surface area contributed by atoms with Gasteiger partial charge < -0.3 is 4.74 Å². The number of carbonyl (C=O) groups excluding carboxylic acids is 1. The van der Waals surface area contributed by atoms with E-state index in [0.717, 1.165) is 12.8 Å². The zero-order valence-corrected chi connectivity index (χ0v) is 10.2. The summed E-state index contributed by atoms with van der Waals surface area (Å²) in [5.41, 5.74) is 0. The average molecular weight is 200 g/mol. The Hall–Kier alpha value is -0.530. The first-order chi connectivity index (χ1) is 6.47. The maximum absolute atomic E-state index is 11.4. The van der Waals surface area contributed by atoms with E-state index in [-0.39, 0.29) is 12.1 Å². The van der Waals surface area contributed by atoms with Gasteiger partial charge in [0.25, 0.3) is 0 Å². The fourth-order valence-electron chi connectivity index (χ4n) is 1.33. The maximum Gasteiger partial charge on any atom is 0.306 e. The second-order valence-corrected chi connectivity index (χ2v) is 4.61. The molecule has 0 spiro atoms. The predicted octanol–water partition coefficient (Wildman–Crippen LogP) is 3.40. The summed E-state index contributed by atoms with van der Waals surface area (Å²) in [6.07, 6.45) is 2.48. The second kappa shape index (κ2) is 6.86. The Morgan fingerprint density at radius 1 is 1.21 bits per heavy atom. The molecule has 2 nitrogen and oxygen atoms in total. The van der Waals surface area contributed by atoms with Crippen LogP contribution in [0.3, 0.4) is 0 Å². The van der Waals surface area contributed by atoms with Crippen LogP contribution in [0.4, 0.5) is 0 Å². The molecule has 14 heavy (non-hydrogen) atoms. The zero-order valence-electron chi connectivity index (χ0n) is 10.2. The van der Waals surface area contributed by atoms with Crippen LogP contribution in [0.2, 0.25) is 0 Å². The lowest BCUT2D eigenvalue weighted by Crippen LogP contribution is -2.22. The first-order valence-electron chi connectivity index (χ1n) is 5.66. The van der Waals surface area contributed by atoms with Gasteiger partial charge in [-0.3, -0.25) is 4.79 Å². The van der Waals surface area contributed by atoms with Crippen molar-refractivity contribution < 1.29 is 9.53 Å². The van der Waals surface area contributed by atoms with Crippen molar-refractivity contribution in [2.24, 2.45) is 11.8 Å². The lowest BCUT2D eigenvalue weighted by Gasteiger charge is -2.19. The molecule has 0 heterocycles. The van der Waals surface area contributed by atoms with E-state index in [0.29, 0.717) is 18.3 Å². The summed E-state index contributed by atoms with van der Waals surface area (Å²) in [6.45, 7) is 10.5. The Labute approximate surface area is 88.0 Å². The first-order valence-corrected chi connectivity index (χ1v) is 5.66. The molecule has 0 aliphatic heterocycles. The van der Waals surface area contributed by atoms with Gasteiger partial charge in [-0.2, -0.15) is 0 Å². The van der Waals surface area contributed by atoms with E-state index in [1.165, 1.54) is 0 Å². The molecular weight excluding hydrogens is 176 g/mol. The Balaban J connectivity index is 3.79. The average Bonchev–Trinajstić information content (AvgIpc) is 2.10. The van der Waals surface area contributed by atoms with E-state index in [1.54, 1.807) is 0 Å². The maximum atomic E-state index is 11.4. The van der Waals surface area contributed by atoms with Crippen molar-refractivity contribution in [1.82, 2.24) is 0 Å². The number of carbonyl (C=O) groups is 1. The molecule has 0 saturated heterocycles. The van der Waals surface area contributed by atoms with Crippen LogP contribution in [-0.2, 0) is 9.53 Å². The van der Waals surface area contributed by atoms with Crippen LogP contribution in [0.15, 0.2) is 0 Å². The predicted molar refractivity (Wildman–Crippen MR) is 59.1 cm³/mol. The normalized spacial score (nSPS) is 13.4. The second-order valence-electron chi connectivity index (χ2n) is 4.61. The molecule has 0 saturated carbocycles. The summed E-state index contributed by atoms with van der Waals surface area (Å²) < 4.78 is 5.37. The lowest BCUT2D eigenvalue weighted by molar-refractivity contribution is -0.151. The summed E-state index contributed by atoms with van der Waals surface area (Å²) in [6, 6.07) is 0. The van der Waals surface area contributed by atoms with Crippen molar-refractivity contribution in [1.29, 1.82) is 0 Å². The quantitative estimate of drug-likeness (QED) is 0.614. The molecule has 0 fully saturated rings. The molecule has 0 aromatic rings. The monoisotopic (exact) mass is 200 g/mol. The number of ether oxygens (including phenoxy) is 1. The van der Waals surface area contributed by atoms with Crippen LogP contribution in [0.5, 0.6) is 0 Å². The zero-order chi connectivity index (χ0) is 11.1. The van der Waals surface area contributed by atoms with Crippen molar-refractivity contribution in [3.63, 3.8) is 0 Å². The van der Waals surface area contributed by atoms with Crippen molar-refractivity contribution in [2.45, 2.75) is 60.0 Å². The minimum atomic E-state index is -0.0424. The van der Waals surface area contributed by atoms with Crippen LogP contribution < -0.4 is 0 Å². The van der Waals surface area contributed by atoms with E-state index < -0.39 is 0 Å². The van der Waals surface area contributed by atoms with Crippen LogP contribution >= 0.6 is 0 Å². The molecule has 0 radical (unpaired) electrons. The molecule has 0 aliphatic rings. The third kappa shape index (κ3) is 6.01. The van der Waals surface area contributed by atoms with Crippen LogP contribution in [-0.4, -0.2) is 12.1 Å². The molecule has 1 unspecified atom stereocenters. The van der Waals surface area contributed by atoms with Gasteiger partial charge in [0, 0.05) is 6.42 Å². The molecule has 0 aromatic heterocycles. The summed E-state index contributed by atoms with van der Waals surface area (Å²) in [5.74, 6) is 0.948. The molecular formula is C12H24O2. The van der Waals surface area contributed by atoms with Crippen molar-refractivity contribution in [3.05, 3.63) is 0 Å². The third-order valence-electron chi connectivity index (χ3n) is 2.35. The summed E-state index contributed by atoms with van der Waals surface area (Å²) in [4.78, 5) is 11.4. The highest BCUT2D eigenvalue weighted by atomic mass is 16.5. The van der Waals surface area contributed by atoms with Crippen LogP contribution in [0, 0.1) is 11.8 Å². The third-order valence-corrected chi connectivity index (χ3v) is 2.35. The molecule has 0 aliphatic carbocycles. The highest BCUT2D eigenvalue weighted by molar-refractivity contribution is 5.69. The minimum absolute atomic E-state index is 0.0424. The molecule has 0 rings (SSSR count). The van der Waals surface area contributed by atoms with Crippen molar-refractivity contribution in [3.8, 4) is 0 Å².